The van der Waals surface area contributed by atoms with E-state index in [4.69, 9.17) is 4.74 Å². The number of hydrogen-bond acceptors (Lipinski definition) is 4. The molecule has 26 heavy (non-hydrogen) atoms. The monoisotopic (exact) mass is 355 g/mol. The molecule has 1 atom stereocenters. The molecule has 1 aromatic rings. The molecular weight excluding hydrogens is 326 g/mol. The first-order valence-corrected chi connectivity index (χ1v) is 9.78. The summed E-state index contributed by atoms with van der Waals surface area (Å²) in [7, 11) is 2.07. The minimum Gasteiger partial charge on any atom is -0.459 e. The summed E-state index contributed by atoms with van der Waals surface area (Å²) in [6.45, 7) is 1.82. The Morgan fingerprint density at radius 1 is 1.12 bits per heavy atom. The van der Waals surface area contributed by atoms with E-state index in [0.717, 1.165) is 63.6 Å². The van der Waals surface area contributed by atoms with Crippen molar-refractivity contribution >= 4 is 5.97 Å². The Labute approximate surface area is 156 Å². The number of rotatable bonds is 3. The smallest absolute Gasteiger partial charge is 0.351 e. The molecule has 0 spiro atoms. The predicted octanol–water partition coefficient (Wildman–Crippen LogP) is 2.99. The molecule has 3 rings (SSSR count). The van der Waals surface area contributed by atoms with Crippen LogP contribution in [0, 0.1) is 17.8 Å². The van der Waals surface area contributed by atoms with Crippen LogP contribution in [0.2, 0.25) is 0 Å². The molecule has 1 unspecified atom stereocenters. The minimum absolute atomic E-state index is 0.118. The highest BCUT2D eigenvalue weighted by Gasteiger charge is 2.45. The number of likely N-dealkylation sites (tertiary alicyclic amines) is 1. The molecule has 2 aliphatic rings. The van der Waals surface area contributed by atoms with Gasteiger partial charge in [0.2, 0.25) is 5.60 Å². The van der Waals surface area contributed by atoms with Gasteiger partial charge in [-0.05, 0) is 44.9 Å². The van der Waals surface area contributed by atoms with Gasteiger partial charge in [0.25, 0.3) is 0 Å². The van der Waals surface area contributed by atoms with E-state index in [1.165, 1.54) is 0 Å². The molecule has 2 fully saturated rings. The number of piperidine rings is 1. The zero-order valence-electron chi connectivity index (χ0n) is 15.6. The number of hydrogen-bond donors (Lipinski definition) is 1. The van der Waals surface area contributed by atoms with Crippen LogP contribution < -0.4 is 0 Å². The summed E-state index contributed by atoms with van der Waals surface area (Å²) in [5, 5.41) is 11.3. The number of aliphatic hydroxyl groups is 1. The average Bonchev–Trinajstić information content (AvgIpc) is 2.69. The Kier molecular flexibility index (Phi) is 6.34. The highest BCUT2D eigenvalue weighted by Crippen LogP contribution is 2.34. The molecule has 0 amide bonds. The highest BCUT2D eigenvalue weighted by atomic mass is 16.6. The second-order valence-corrected chi connectivity index (χ2v) is 7.63. The first-order valence-electron chi connectivity index (χ1n) is 9.78. The van der Waals surface area contributed by atoms with Crippen LogP contribution in [0.25, 0.3) is 0 Å². The summed E-state index contributed by atoms with van der Waals surface area (Å²) >= 11 is 0. The molecule has 0 aromatic heterocycles. The fourth-order valence-electron chi connectivity index (χ4n) is 3.87. The fraction of sp³-hybridized carbons (Fsp3) is 0.591. The molecule has 0 bridgehead atoms. The number of nitrogens with zero attached hydrogens (tertiary/aromatic N) is 1. The van der Waals surface area contributed by atoms with Gasteiger partial charge in [-0.15, -0.1) is 0 Å². The van der Waals surface area contributed by atoms with E-state index in [9.17, 15) is 9.90 Å². The van der Waals surface area contributed by atoms with Crippen molar-refractivity contribution in [3.63, 3.8) is 0 Å². The molecule has 1 heterocycles. The first kappa shape index (κ1) is 18.9. The fourth-order valence-corrected chi connectivity index (χ4v) is 3.87. The summed E-state index contributed by atoms with van der Waals surface area (Å²) in [6, 6.07) is 9.50. The Balaban J connectivity index is 1.78. The third-order valence-electron chi connectivity index (χ3n) is 5.62. The molecule has 140 valence electrons. The number of ether oxygens (including phenoxy) is 1. The van der Waals surface area contributed by atoms with Crippen molar-refractivity contribution in [1.29, 1.82) is 0 Å². The topological polar surface area (TPSA) is 49.8 Å². The van der Waals surface area contributed by atoms with Crippen molar-refractivity contribution < 1.29 is 14.6 Å². The lowest BCUT2D eigenvalue weighted by atomic mass is 9.77. The lowest BCUT2D eigenvalue weighted by molar-refractivity contribution is -0.173. The summed E-state index contributed by atoms with van der Waals surface area (Å²) in [5.74, 6) is 5.20. The van der Waals surface area contributed by atoms with Gasteiger partial charge in [-0.2, -0.15) is 0 Å². The van der Waals surface area contributed by atoms with Gasteiger partial charge in [0.05, 0.1) is 0 Å². The molecule has 1 aromatic carbocycles. The van der Waals surface area contributed by atoms with Gasteiger partial charge in [0.15, 0.2) is 0 Å². The standard InChI is InChI=1S/C22H29NO3/c1-23-16-13-20(14-17-23)26-21(24)22(25,19-10-6-3-7-11-19)15-12-18-8-4-2-5-9-18/h2,4-5,8-9,19-20,25H,3,6-7,10-11,13-14,16-17H2,1H3. The van der Waals surface area contributed by atoms with E-state index in [-0.39, 0.29) is 12.0 Å². The predicted molar refractivity (Wildman–Crippen MR) is 101 cm³/mol. The van der Waals surface area contributed by atoms with Crippen LogP contribution in [0.1, 0.15) is 50.5 Å². The van der Waals surface area contributed by atoms with E-state index >= 15 is 0 Å². The van der Waals surface area contributed by atoms with Crippen LogP contribution in [0.15, 0.2) is 30.3 Å². The van der Waals surface area contributed by atoms with E-state index in [1.807, 2.05) is 30.3 Å². The molecule has 1 saturated carbocycles. The van der Waals surface area contributed by atoms with Gasteiger partial charge in [-0.25, -0.2) is 4.79 Å². The number of carbonyl (C=O) groups is 1. The molecule has 1 N–H and O–H groups in total. The summed E-state index contributed by atoms with van der Waals surface area (Å²) < 4.78 is 5.73. The largest absolute Gasteiger partial charge is 0.459 e. The number of esters is 1. The lowest BCUT2D eigenvalue weighted by Gasteiger charge is -2.35. The van der Waals surface area contributed by atoms with Crippen LogP contribution in [0.3, 0.4) is 0 Å². The second kappa shape index (κ2) is 8.70. The van der Waals surface area contributed by atoms with Gasteiger partial charge in [-0.1, -0.05) is 49.3 Å². The van der Waals surface area contributed by atoms with Crippen molar-refractivity contribution in [3.8, 4) is 11.8 Å². The summed E-state index contributed by atoms with van der Waals surface area (Å²) in [4.78, 5) is 15.2. The van der Waals surface area contributed by atoms with E-state index < -0.39 is 11.6 Å². The van der Waals surface area contributed by atoms with Crippen LogP contribution in [-0.2, 0) is 9.53 Å². The van der Waals surface area contributed by atoms with Crippen LogP contribution >= 0.6 is 0 Å². The summed E-state index contributed by atoms with van der Waals surface area (Å²) in [6.07, 6.45) is 6.37. The maximum atomic E-state index is 12.9. The number of benzene rings is 1. The highest BCUT2D eigenvalue weighted by molar-refractivity contribution is 5.84. The normalized spacial score (nSPS) is 22.1. The maximum Gasteiger partial charge on any atom is 0.351 e. The molecule has 1 aliphatic carbocycles. The Bertz CT molecular complexity index is 649. The second-order valence-electron chi connectivity index (χ2n) is 7.63. The quantitative estimate of drug-likeness (QED) is 0.669. The zero-order chi connectivity index (χ0) is 18.4. The third-order valence-corrected chi connectivity index (χ3v) is 5.62. The molecular formula is C22H29NO3. The van der Waals surface area contributed by atoms with Gasteiger partial charge in [0.1, 0.15) is 6.10 Å². The van der Waals surface area contributed by atoms with Crippen molar-refractivity contribution in [2.45, 2.75) is 56.7 Å². The summed E-state index contributed by atoms with van der Waals surface area (Å²) in [5.41, 5.74) is -0.909. The first-order chi connectivity index (χ1) is 12.6. The van der Waals surface area contributed by atoms with E-state index in [2.05, 4.69) is 23.8 Å². The molecule has 0 radical (unpaired) electrons. The molecule has 4 heteroatoms. The van der Waals surface area contributed by atoms with Crippen LogP contribution in [0.5, 0.6) is 0 Å². The van der Waals surface area contributed by atoms with Crippen LogP contribution in [-0.4, -0.2) is 47.8 Å². The van der Waals surface area contributed by atoms with Crippen molar-refractivity contribution in [2.24, 2.45) is 5.92 Å². The van der Waals surface area contributed by atoms with Crippen molar-refractivity contribution in [2.75, 3.05) is 20.1 Å². The zero-order valence-corrected chi connectivity index (χ0v) is 15.6. The minimum atomic E-state index is -1.71. The molecule has 4 nitrogen and oxygen atoms in total. The Morgan fingerprint density at radius 3 is 2.42 bits per heavy atom. The Hall–Kier alpha value is -1.83. The molecule has 1 aliphatic heterocycles. The maximum absolute atomic E-state index is 12.9. The van der Waals surface area contributed by atoms with Crippen molar-refractivity contribution in [3.05, 3.63) is 35.9 Å². The van der Waals surface area contributed by atoms with Gasteiger partial charge >= 0.3 is 5.97 Å². The van der Waals surface area contributed by atoms with E-state index in [0.29, 0.717) is 0 Å². The van der Waals surface area contributed by atoms with Gasteiger partial charge < -0.3 is 14.7 Å². The SMILES string of the molecule is CN1CCC(OC(=O)C(O)(C#Cc2ccccc2)C2CCCCC2)CC1. The average molecular weight is 355 g/mol. The molecule has 1 saturated heterocycles. The van der Waals surface area contributed by atoms with E-state index in [1.54, 1.807) is 0 Å². The number of carbonyl (C=O) groups excluding carboxylic acids is 1. The van der Waals surface area contributed by atoms with Crippen molar-refractivity contribution in [1.82, 2.24) is 4.90 Å². The van der Waals surface area contributed by atoms with Gasteiger partial charge in [0, 0.05) is 24.6 Å². The Morgan fingerprint density at radius 2 is 1.77 bits per heavy atom. The lowest BCUT2D eigenvalue weighted by Crippen LogP contribution is -2.49. The third kappa shape index (κ3) is 4.66. The van der Waals surface area contributed by atoms with Crippen LogP contribution in [0.4, 0.5) is 0 Å². The van der Waals surface area contributed by atoms with Gasteiger partial charge in [-0.3, -0.25) is 0 Å².